The number of benzene rings is 1. The summed E-state index contributed by atoms with van der Waals surface area (Å²) in [6, 6.07) is 6.40. The number of pyridine rings is 1. The molecule has 0 bridgehead atoms. The summed E-state index contributed by atoms with van der Waals surface area (Å²) in [5.74, 6) is -0.187. The molecule has 0 spiro atoms. The Morgan fingerprint density at radius 3 is 2.64 bits per heavy atom. The van der Waals surface area contributed by atoms with Crippen LogP contribution in [-0.4, -0.2) is 16.0 Å². The minimum absolute atomic E-state index is 0.0242. The number of aromatic nitrogens is 1. The van der Waals surface area contributed by atoms with Crippen molar-refractivity contribution in [3.63, 3.8) is 0 Å². The van der Waals surface area contributed by atoms with Crippen LogP contribution in [0.25, 0.3) is 0 Å². The number of hydrogen-bond acceptors (Lipinski definition) is 4. The summed E-state index contributed by atoms with van der Waals surface area (Å²) in [6.07, 6.45) is 1.26. The summed E-state index contributed by atoms with van der Waals surface area (Å²) < 4.78 is 1.08. The summed E-state index contributed by atoms with van der Waals surface area (Å²) in [4.78, 5) is 12.2. The number of nitriles is 1. The van der Waals surface area contributed by atoms with E-state index in [2.05, 4.69) is 5.10 Å². The second kappa shape index (κ2) is 6.22. The van der Waals surface area contributed by atoms with Gasteiger partial charge in [0.05, 0.1) is 11.2 Å². The first kappa shape index (κ1) is 16.1. The Hall–Kier alpha value is -2.29. The molecule has 0 fully saturated rings. The van der Waals surface area contributed by atoms with Gasteiger partial charge in [0.1, 0.15) is 17.4 Å². The number of phenols is 1. The van der Waals surface area contributed by atoms with E-state index < -0.39 is 5.56 Å². The summed E-state index contributed by atoms with van der Waals surface area (Å²) in [7, 11) is 0. The normalized spacial score (nSPS) is 10.9. The Morgan fingerprint density at radius 2 is 2.00 bits per heavy atom. The van der Waals surface area contributed by atoms with Gasteiger partial charge in [-0.2, -0.15) is 10.4 Å². The lowest BCUT2D eigenvalue weighted by molar-refractivity contribution is 0.474. The van der Waals surface area contributed by atoms with E-state index >= 15 is 0 Å². The van der Waals surface area contributed by atoms with E-state index in [0.29, 0.717) is 16.3 Å². The predicted octanol–water partition coefficient (Wildman–Crippen LogP) is 3.23. The number of aromatic hydroxyl groups is 1. The highest BCUT2D eigenvalue weighted by molar-refractivity contribution is 6.36. The molecule has 0 unspecified atom stereocenters. The molecule has 1 aromatic carbocycles. The molecule has 7 heteroatoms. The molecule has 2 aromatic rings. The third-order valence-electron chi connectivity index (χ3n) is 3.04. The number of phenolic OH excluding ortho intramolecular Hbond substituents is 1. The molecule has 0 aliphatic rings. The van der Waals surface area contributed by atoms with E-state index in [4.69, 9.17) is 28.5 Å². The van der Waals surface area contributed by atoms with Crippen LogP contribution in [-0.2, 0) is 0 Å². The molecule has 0 aliphatic carbocycles. The summed E-state index contributed by atoms with van der Waals surface area (Å²) >= 11 is 11.7. The van der Waals surface area contributed by atoms with E-state index in [9.17, 15) is 9.90 Å². The van der Waals surface area contributed by atoms with Gasteiger partial charge in [-0.25, -0.2) is 4.68 Å². The molecule has 22 heavy (non-hydrogen) atoms. The van der Waals surface area contributed by atoms with Crippen LogP contribution in [0, 0.1) is 25.2 Å². The molecule has 112 valence electrons. The van der Waals surface area contributed by atoms with E-state index in [1.165, 1.54) is 18.3 Å². The molecule has 1 N–H and O–H groups in total. The van der Waals surface area contributed by atoms with Gasteiger partial charge < -0.3 is 5.11 Å². The van der Waals surface area contributed by atoms with Gasteiger partial charge in [-0.1, -0.05) is 23.2 Å². The van der Waals surface area contributed by atoms with Crippen molar-refractivity contribution in [2.45, 2.75) is 13.8 Å². The molecular formula is C15H11Cl2N3O2. The minimum atomic E-state index is -0.524. The summed E-state index contributed by atoms with van der Waals surface area (Å²) in [6.45, 7) is 3.38. The van der Waals surface area contributed by atoms with Crippen molar-refractivity contribution in [3.8, 4) is 11.8 Å². The average molecular weight is 336 g/mol. The Labute approximate surface area is 136 Å². The van der Waals surface area contributed by atoms with Gasteiger partial charge >= 0.3 is 0 Å². The van der Waals surface area contributed by atoms with Crippen LogP contribution in [0.5, 0.6) is 5.75 Å². The van der Waals surface area contributed by atoms with E-state index in [0.717, 1.165) is 4.68 Å². The monoisotopic (exact) mass is 335 g/mol. The SMILES string of the molecule is Cc1cc(C)n(/N=C\c2cc(Cl)cc(Cl)c2O)c(=O)c1C#N. The third-order valence-corrected chi connectivity index (χ3v) is 3.55. The van der Waals surface area contributed by atoms with Crippen LogP contribution in [0.4, 0.5) is 0 Å². The fraction of sp³-hybridized carbons (Fsp3) is 0.133. The average Bonchev–Trinajstić information content (AvgIpc) is 2.43. The van der Waals surface area contributed by atoms with Crippen molar-refractivity contribution in [3.05, 3.63) is 61.0 Å². The molecule has 2 rings (SSSR count). The van der Waals surface area contributed by atoms with Gasteiger partial charge in [0.15, 0.2) is 0 Å². The Morgan fingerprint density at radius 1 is 1.32 bits per heavy atom. The van der Waals surface area contributed by atoms with E-state index in [-0.39, 0.29) is 21.9 Å². The largest absolute Gasteiger partial charge is 0.506 e. The zero-order valence-electron chi connectivity index (χ0n) is 11.8. The highest BCUT2D eigenvalue weighted by Gasteiger charge is 2.10. The van der Waals surface area contributed by atoms with Gasteiger partial charge in [0, 0.05) is 16.3 Å². The van der Waals surface area contributed by atoms with Crippen LogP contribution < -0.4 is 5.56 Å². The van der Waals surface area contributed by atoms with Crippen LogP contribution in [0.1, 0.15) is 22.4 Å². The second-order valence-corrected chi connectivity index (χ2v) is 5.49. The number of halogens is 2. The smallest absolute Gasteiger partial charge is 0.289 e. The molecule has 5 nitrogen and oxygen atoms in total. The lowest BCUT2D eigenvalue weighted by Crippen LogP contribution is -2.22. The molecule has 1 aromatic heterocycles. The molecule has 1 heterocycles. The third kappa shape index (κ3) is 2.98. The van der Waals surface area contributed by atoms with Gasteiger partial charge in [0.25, 0.3) is 5.56 Å². The van der Waals surface area contributed by atoms with Crippen molar-refractivity contribution in [2.24, 2.45) is 5.10 Å². The minimum Gasteiger partial charge on any atom is -0.506 e. The zero-order chi connectivity index (χ0) is 16.4. The molecule has 0 atom stereocenters. The summed E-state index contributed by atoms with van der Waals surface area (Å²) in [5.41, 5.74) is 0.915. The van der Waals surface area contributed by atoms with Crippen molar-refractivity contribution >= 4 is 29.4 Å². The number of nitrogens with zero attached hydrogens (tertiary/aromatic N) is 3. The number of aryl methyl sites for hydroxylation is 2. The molecule has 0 aliphatic heterocycles. The van der Waals surface area contributed by atoms with E-state index in [1.54, 1.807) is 19.9 Å². The maximum Gasteiger partial charge on any atom is 0.289 e. The predicted molar refractivity (Wildman–Crippen MR) is 86.0 cm³/mol. The highest BCUT2D eigenvalue weighted by atomic mass is 35.5. The molecule has 0 saturated heterocycles. The van der Waals surface area contributed by atoms with Crippen LogP contribution in [0.3, 0.4) is 0 Å². The maximum absolute atomic E-state index is 12.2. The first-order valence-electron chi connectivity index (χ1n) is 6.21. The van der Waals surface area contributed by atoms with E-state index in [1.807, 2.05) is 6.07 Å². The van der Waals surface area contributed by atoms with Crippen molar-refractivity contribution < 1.29 is 5.11 Å². The van der Waals surface area contributed by atoms with Crippen LogP contribution >= 0.6 is 23.2 Å². The number of rotatable bonds is 2. The topological polar surface area (TPSA) is 78.4 Å². The fourth-order valence-corrected chi connectivity index (χ4v) is 2.47. The van der Waals surface area contributed by atoms with Gasteiger partial charge in [0.2, 0.25) is 0 Å². The van der Waals surface area contributed by atoms with Gasteiger partial charge in [-0.15, -0.1) is 0 Å². The molecule has 0 radical (unpaired) electrons. The zero-order valence-corrected chi connectivity index (χ0v) is 13.3. The second-order valence-electron chi connectivity index (χ2n) is 4.64. The van der Waals surface area contributed by atoms with Crippen LogP contribution in [0.2, 0.25) is 10.0 Å². The fourth-order valence-electron chi connectivity index (χ4n) is 1.97. The van der Waals surface area contributed by atoms with Crippen molar-refractivity contribution in [1.82, 2.24) is 4.68 Å². The summed E-state index contributed by atoms with van der Waals surface area (Å²) in [5, 5.41) is 23.3. The number of hydrogen-bond donors (Lipinski definition) is 1. The Balaban J connectivity index is 2.58. The van der Waals surface area contributed by atoms with Gasteiger partial charge in [-0.3, -0.25) is 4.79 Å². The lowest BCUT2D eigenvalue weighted by atomic mass is 10.1. The molecule has 0 saturated carbocycles. The Kier molecular flexibility index (Phi) is 4.55. The van der Waals surface area contributed by atoms with Crippen LogP contribution in [0.15, 0.2) is 28.1 Å². The molecule has 0 amide bonds. The quantitative estimate of drug-likeness (QED) is 0.855. The van der Waals surface area contributed by atoms with Gasteiger partial charge in [-0.05, 0) is 37.6 Å². The van der Waals surface area contributed by atoms with Crippen molar-refractivity contribution in [1.29, 1.82) is 5.26 Å². The van der Waals surface area contributed by atoms with Crippen molar-refractivity contribution in [2.75, 3.05) is 0 Å². The lowest BCUT2D eigenvalue weighted by Gasteiger charge is -2.07. The molecular weight excluding hydrogens is 325 g/mol. The highest BCUT2D eigenvalue weighted by Crippen LogP contribution is 2.30. The Bertz CT molecular complexity index is 880. The first-order valence-corrected chi connectivity index (χ1v) is 6.96. The maximum atomic E-state index is 12.2. The standard InChI is InChI=1S/C15H11Cl2N3O2/c1-8-3-9(2)20(15(22)12(8)6-18)19-7-10-4-11(16)5-13(17)14(10)21/h3-5,7,21H,1-2H3/b19-7-. The first-order chi connectivity index (χ1) is 10.3.